The minimum atomic E-state index is -0.811. The summed E-state index contributed by atoms with van der Waals surface area (Å²) in [6.07, 6.45) is 2.08. The highest BCUT2D eigenvalue weighted by Gasteiger charge is 2.28. The molecule has 1 aromatic heterocycles. The molecule has 0 spiro atoms. The molecular weight excluding hydrogens is 389 g/mol. The molecular formula is C22H26FN3O4. The molecule has 3 N–H and O–H groups in total. The van der Waals surface area contributed by atoms with E-state index in [0.717, 1.165) is 12.8 Å². The summed E-state index contributed by atoms with van der Waals surface area (Å²) in [5.74, 6) is -2.32. The lowest BCUT2D eigenvalue weighted by molar-refractivity contribution is -0.117. The van der Waals surface area contributed by atoms with Crippen molar-refractivity contribution in [2.24, 2.45) is 0 Å². The number of amides is 2. The van der Waals surface area contributed by atoms with Crippen molar-refractivity contribution in [2.45, 2.75) is 52.2 Å². The number of rotatable bonds is 7. The molecule has 1 aromatic carbocycles. The lowest BCUT2D eigenvalue weighted by Crippen LogP contribution is -2.37. The van der Waals surface area contributed by atoms with Crippen molar-refractivity contribution in [1.29, 1.82) is 0 Å². The van der Waals surface area contributed by atoms with Crippen LogP contribution in [0.2, 0.25) is 0 Å². The predicted octanol–water partition coefficient (Wildman–Crippen LogP) is 2.59. The maximum Gasteiger partial charge on any atom is 0.294 e. The molecule has 0 fully saturated rings. The van der Waals surface area contributed by atoms with Crippen LogP contribution in [0.25, 0.3) is 0 Å². The first kappa shape index (κ1) is 21.7. The fraction of sp³-hybridized carbons (Fsp3) is 0.409. The van der Waals surface area contributed by atoms with Crippen molar-refractivity contribution in [3.63, 3.8) is 0 Å². The number of ketones is 1. The Bertz CT molecular complexity index is 983. The summed E-state index contributed by atoms with van der Waals surface area (Å²) in [4.78, 5) is 37.9. The standard InChI is InChI=1S/C22H26FN3O4/c1-3-15(27)12-24-22(30)20(28)19-11-16(18-6-4-5-9-26(18)19)21(29)25-14-7-8-17(23)13(2)10-14/h7-8,10-11,15,27H,3-6,9,12H2,1-2H3,(H,24,30)(H,25,29)/t15-/m1/s1. The van der Waals surface area contributed by atoms with E-state index in [0.29, 0.717) is 41.9 Å². The van der Waals surface area contributed by atoms with Gasteiger partial charge in [0.25, 0.3) is 17.6 Å². The second kappa shape index (κ2) is 9.21. The van der Waals surface area contributed by atoms with E-state index in [1.807, 2.05) is 0 Å². The third-order valence-corrected chi connectivity index (χ3v) is 5.32. The summed E-state index contributed by atoms with van der Waals surface area (Å²) < 4.78 is 15.2. The molecule has 0 unspecified atom stereocenters. The minimum absolute atomic E-state index is 0.00804. The number of carbonyl (C=O) groups is 3. The van der Waals surface area contributed by atoms with Gasteiger partial charge in [-0.1, -0.05) is 6.92 Å². The molecule has 1 aliphatic rings. The van der Waals surface area contributed by atoms with E-state index in [2.05, 4.69) is 10.6 Å². The topological polar surface area (TPSA) is 100 Å². The number of aliphatic hydroxyl groups is 1. The number of nitrogens with zero attached hydrogens (tertiary/aromatic N) is 1. The predicted molar refractivity (Wildman–Crippen MR) is 110 cm³/mol. The monoisotopic (exact) mass is 415 g/mol. The van der Waals surface area contributed by atoms with Gasteiger partial charge in [-0.25, -0.2) is 4.39 Å². The summed E-state index contributed by atoms with van der Waals surface area (Å²) in [5, 5.41) is 14.8. The van der Waals surface area contributed by atoms with Crippen LogP contribution in [0.1, 0.15) is 58.3 Å². The lowest BCUT2D eigenvalue weighted by Gasteiger charge is -2.18. The number of fused-ring (bicyclic) bond motifs is 1. The summed E-state index contributed by atoms with van der Waals surface area (Å²) in [6, 6.07) is 5.74. The quantitative estimate of drug-likeness (QED) is 0.478. The van der Waals surface area contributed by atoms with Gasteiger partial charge in [0, 0.05) is 24.5 Å². The maximum atomic E-state index is 13.5. The molecule has 3 rings (SSSR count). The number of nitrogens with one attached hydrogen (secondary N) is 2. The maximum absolute atomic E-state index is 13.5. The largest absolute Gasteiger partial charge is 0.391 e. The molecule has 2 amide bonds. The SMILES string of the molecule is CC[C@@H](O)CNC(=O)C(=O)c1cc(C(=O)Nc2ccc(F)c(C)c2)c2n1CCCC2. The van der Waals surface area contributed by atoms with E-state index in [1.165, 1.54) is 24.3 Å². The van der Waals surface area contributed by atoms with E-state index in [9.17, 15) is 23.9 Å². The van der Waals surface area contributed by atoms with Crippen molar-refractivity contribution in [3.05, 3.63) is 52.6 Å². The van der Waals surface area contributed by atoms with Crippen molar-refractivity contribution in [3.8, 4) is 0 Å². The Morgan fingerprint density at radius 1 is 1.23 bits per heavy atom. The van der Waals surface area contributed by atoms with E-state index in [1.54, 1.807) is 18.4 Å². The Morgan fingerprint density at radius 2 is 2.00 bits per heavy atom. The number of benzene rings is 1. The summed E-state index contributed by atoms with van der Waals surface area (Å²) in [7, 11) is 0. The van der Waals surface area contributed by atoms with Crippen LogP contribution in [0.5, 0.6) is 0 Å². The Balaban J connectivity index is 1.84. The zero-order valence-corrected chi connectivity index (χ0v) is 17.1. The molecule has 8 heteroatoms. The minimum Gasteiger partial charge on any atom is -0.391 e. The van der Waals surface area contributed by atoms with Crippen LogP contribution in [0.4, 0.5) is 10.1 Å². The number of hydrogen-bond donors (Lipinski definition) is 3. The highest BCUT2D eigenvalue weighted by Crippen LogP contribution is 2.25. The van der Waals surface area contributed by atoms with Crippen LogP contribution in [-0.4, -0.2) is 39.9 Å². The van der Waals surface area contributed by atoms with Gasteiger partial charge in [-0.3, -0.25) is 14.4 Å². The molecule has 1 aliphatic heterocycles. The van der Waals surface area contributed by atoms with E-state index in [-0.39, 0.29) is 18.1 Å². The van der Waals surface area contributed by atoms with Gasteiger partial charge in [0.15, 0.2) is 0 Å². The number of carbonyl (C=O) groups excluding carboxylic acids is 3. The Morgan fingerprint density at radius 3 is 2.70 bits per heavy atom. The third-order valence-electron chi connectivity index (χ3n) is 5.32. The van der Waals surface area contributed by atoms with Crippen molar-refractivity contribution in [1.82, 2.24) is 9.88 Å². The smallest absolute Gasteiger partial charge is 0.294 e. The van der Waals surface area contributed by atoms with Gasteiger partial charge >= 0.3 is 0 Å². The van der Waals surface area contributed by atoms with E-state index >= 15 is 0 Å². The zero-order chi connectivity index (χ0) is 21.8. The Kier molecular flexibility index (Phi) is 6.66. The van der Waals surface area contributed by atoms with Gasteiger partial charge in [0.05, 0.1) is 17.4 Å². The molecule has 0 aliphatic carbocycles. The number of aryl methyl sites for hydroxylation is 1. The summed E-state index contributed by atoms with van der Waals surface area (Å²) in [5.41, 5.74) is 2.07. The molecule has 0 saturated carbocycles. The molecule has 30 heavy (non-hydrogen) atoms. The number of aliphatic hydroxyl groups excluding tert-OH is 1. The summed E-state index contributed by atoms with van der Waals surface area (Å²) in [6.45, 7) is 3.92. The normalized spacial score (nSPS) is 14.0. The average molecular weight is 415 g/mol. The van der Waals surface area contributed by atoms with Crippen LogP contribution >= 0.6 is 0 Å². The van der Waals surface area contributed by atoms with Gasteiger partial charge in [0.2, 0.25) is 0 Å². The molecule has 2 aromatic rings. The fourth-order valence-electron chi connectivity index (χ4n) is 3.53. The number of Topliss-reactive ketones (excluding diaryl/α,β-unsaturated/α-hetero) is 1. The van der Waals surface area contributed by atoms with Crippen molar-refractivity contribution < 1.29 is 23.9 Å². The number of anilines is 1. The fourth-order valence-corrected chi connectivity index (χ4v) is 3.53. The number of aromatic nitrogens is 1. The average Bonchev–Trinajstić information content (AvgIpc) is 3.13. The molecule has 160 valence electrons. The first-order chi connectivity index (χ1) is 14.3. The van der Waals surface area contributed by atoms with E-state index < -0.39 is 23.7 Å². The van der Waals surface area contributed by atoms with E-state index in [4.69, 9.17) is 0 Å². The van der Waals surface area contributed by atoms with Crippen LogP contribution in [0, 0.1) is 12.7 Å². The van der Waals surface area contributed by atoms with Gasteiger partial charge in [-0.15, -0.1) is 0 Å². The lowest BCUT2D eigenvalue weighted by atomic mass is 10.1. The molecule has 0 radical (unpaired) electrons. The van der Waals surface area contributed by atoms with Gasteiger partial charge < -0.3 is 20.3 Å². The number of hydrogen-bond acceptors (Lipinski definition) is 4. The first-order valence-electron chi connectivity index (χ1n) is 10.1. The highest BCUT2D eigenvalue weighted by atomic mass is 19.1. The Hall–Kier alpha value is -3.00. The van der Waals surface area contributed by atoms with Gasteiger partial charge in [-0.2, -0.15) is 0 Å². The second-order valence-electron chi connectivity index (χ2n) is 7.52. The summed E-state index contributed by atoms with van der Waals surface area (Å²) >= 11 is 0. The number of halogens is 1. The van der Waals surface area contributed by atoms with Crippen LogP contribution in [0.15, 0.2) is 24.3 Å². The third kappa shape index (κ3) is 4.59. The van der Waals surface area contributed by atoms with Crippen molar-refractivity contribution in [2.75, 3.05) is 11.9 Å². The molecule has 2 heterocycles. The molecule has 0 bridgehead atoms. The molecule has 7 nitrogen and oxygen atoms in total. The van der Waals surface area contributed by atoms with Crippen LogP contribution in [-0.2, 0) is 17.8 Å². The van der Waals surface area contributed by atoms with Gasteiger partial charge in [0.1, 0.15) is 5.82 Å². The van der Waals surface area contributed by atoms with Gasteiger partial charge in [-0.05, 0) is 62.4 Å². The zero-order valence-electron chi connectivity index (χ0n) is 17.1. The van der Waals surface area contributed by atoms with Crippen molar-refractivity contribution >= 4 is 23.3 Å². The molecule has 0 saturated heterocycles. The van der Waals surface area contributed by atoms with Crippen LogP contribution < -0.4 is 10.6 Å². The Labute approximate surface area is 174 Å². The second-order valence-corrected chi connectivity index (χ2v) is 7.52. The van der Waals surface area contributed by atoms with Crippen LogP contribution in [0.3, 0.4) is 0 Å². The highest BCUT2D eigenvalue weighted by molar-refractivity contribution is 6.42. The molecule has 1 atom stereocenters. The first-order valence-corrected chi connectivity index (χ1v) is 10.1.